The molecular formula is N15NaSi. The second-order valence-corrected chi connectivity index (χ2v) is 0.447. The summed E-state index contributed by atoms with van der Waals surface area (Å²) in [6.07, 6.45) is 0. The molecule has 0 heterocycles. The number of hydrogen-bond acceptors (Lipinski definition) is 0. The summed E-state index contributed by atoms with van der Waals surface area (Å²) in [5.74, 6) is 0. The van der Waals surface area contributed by atoms with Gasteiger partial charge in [0.1, 0.15) is 0 Å². The van der Waals surface area contributed by atoms with Gasteiger partial charge in [0, 0.05) is 0 Å². The van der Waals surface area contributed by atoms with Crippen LogP contribution in [0.15, 0.2) is 0 Å². The van der Waals surface area contributed by atoms with Crippen LogP contribution in [0, 0.1) is 0 Å². The molecule has 0 saturated carbocycles. The van der Waals surface area contributed by atoms with Crippen LogP contribution in [0.2, 0.25) is 0 Å². The van der Waals surface area contributed by atoms with E-state index in [1.54, 1.807) is 0 Å². The van der Waals surface area contributed by atoms with Gasteiger partial charge in [0.05, 0.1) is 0 Å². The Hall–Kier alpha value is -2.23. The Balaban J connectivity index is -0.0000000143. The third kappa shape index (κ3) is 382. The first kappa shape index (κ1) is 46.4. The van der Waals surface area contributed by atoms with Gasteiger partial charge in [-0.25, -0.2) is 0 Å². The quantitative estimate of drug-likeness (QED) is 0.254. The van der Waals surface area contributed by atoms with Gasteiger partial charge in [0.15, 0.2) is 0 Å². The van der Waals surface area contributed by atoms with E-state index in [1.807, 2.05) is 0 Å². The number of rotatable bonds is 0. The van der Waals surface area contributed by atoms with Crippen molar-refractivity contribution in [3.63, 3.8) is 0 Å². The van der Waals surface area contributed by atoms with Crippen LogP contribution < -0.4 is 29.6 Å². The summed E-state index contributed by atoms with van der Waals surface area (Å²) in [5.41, 5.74) is 67.5. The van der Waals surface area contributed by atoms with E-state index in [-0.39, 0.29) is 40.5 Å². The molecule has 15 nitrogen and oxygen atoms in total. The van der Waals surface area contributed by atoms with Crippen LogP contribution in [0.25, 0.3) is 79.9 Å². The summed E-state index contributed by atoms with van der Waals surface area (Å²) >= 11 is 0. The molecule has 0 aliphatic carbocycles. The molecule has 0 N–H and O–H groups in total. The molecule has 0 aromatic heterocycles. The maximum Gasteiger partial charge on any atom is 4.00 e. The Labute approximate surface area is 120 Å². The Morgan fingerprint density at radius 2 is 0.353 bits per heavy atom. The van der Waals surface area contributed by atoms with Crippen molar-refractivity contribution in [3.8, 4) is 0 Å². The molecule has 17 heavy (non-hydrogen) atoms. The van der Waals surface area contributed by atoms with Crippen LogP contribution in [0.3, 0.4) is 0 Å². The zero-order chi connectivity index (χ0) is 13.5. The molecule has 0 rings (SSSR count). The van der Waals surface area contributed by atoms with Crippen LogP contribution in [0.4, 0.5) is 0 Å². The first-order chi connectivity index (χ1) is 7.07. The molecule has 0 aliphatic rings. The average molecular weight is 261 g/mol. The van der Waals surface area contributed by atoms with Crippen molar-refractivity contribution in [1.82, 2.24) is 0 Å². The van der Waals surface area contributed by atoms with Crippen LogP contribution in [0.1, 0.15) is 0 Å². The molecule has 0 amide bonds. The van der Waals surface area contributed by atoms with E-state index in [4.69, 9.17) is 55.3 Å². The standard InChI is InChI=1S/5N3.Na.Si/c5*1-3-2;;/q5*-1;+1;+4. The van der Waals surface area contributed by atoms with Crippen molar-refractivity contribution < 1.29 is 29.6 Å². The molecule has 80 valence electrons. The molecule has 0 bridgehead atoms. The van der Waals surface area contributed by atoms with E-state index in [9.17, 15) is 0 Å². The molecular weight excluding hydrogens is 261 g/mol. The Bertz CT molecular complexity index is 186. The van der Waals surface area contributed by atoms with Gasteiger partial charge in [-0.2, -0.15) is 0 Å². The average Bonchev–Trinajstić information content (AvgIpc) is 2.09. The predicted octanol–water partition coefficient (Wildman–Crippen LogP) is 0.954. The Morgan fingerprint density at radius 3 is 0.353 bits per heavy atom. The number of hydrogen-bond donors (Lipinski definition) is 0. The van der Waals surface area contributed by atoms with Crippen LogP contribution in [-0.2, 0) is 0 Å². The number of nitrogens with zero attached hydrogens (tertiary/aromatic N) is 15. The summed E-state index contributed by atoms with van der Waals surface area (Å²) < 4.78 is 0. The Morgan fingerprint density at radius 1 is 0.353 bits per heavy atom. The maximum absolute atomic E-state index is 6.75. The SMILES string of the molecule is [N-]=[N+]=[N-].[N-]=[N+]=[N-].[N-]=[N+]=[N-].[N-]=[N+]=[N-].[N-]=[N+]=[N-].[Na+].[Si+4]. The van der Waals surface area contributed by atoms with Gasteiger partial charge in [-0.3, -0.25) is 24.6 Å². The summed E-state index contributed by atoms with van der Waals surface area (Å²) in [4.78, 5) is 7.50. The summed E-state index contributed by atoms with van der Waals surface area (Å²) in [6.45, 7) is 0. The zero-order valence-corrected chi connectivity index (χ0v) is 11.2. The maximum atomic E-state index is 6.75. The minimum Gasteiger partial charge on any atom is -0.373 e. The van der Waals surface area contributed by atoms with Crippen molar-refractivity contribution >= 4 is 11.0 Å². The summed E-state index contributed by atoms with van der Waals surface area (Å²) in [6, 6.07) is 0. The molecule has 0 radical (unpaired) electrons. The molecule has 0 saturated heterocycles. The van der Waals surface area contributed by atoms with Crippen LogP contribution in [0.5, 0.6) is 0 Å². The first-order valence-electron chi connectivity index (χ1n) is 2.00. The molecule has 17 heteroatoms. The second kappa shape index (κ2) is 293. The van der Waals surface area contributed by atoms with E-state index in [1.165, 1.54) is 24.6 Å². The smallest absolute Gasteiger partial charge is 0.373 e. The van der Waals surface area contributed by atoms with Crippen molar-refractivity contribution in [1.29, 1.82) is 0 Å². The van der Waals surface area contributed by atoms with E-state index in [0.717, 1.165) is 0 Å². The molecule has 0 aliphatic heterocycles. The van der Waals surface area contributed by atoms with Gasteiger partial charge in [0.2, 0.25) is 0 Å². The summed E-state index contributed by atoms with van der Waals surface area (Å²) in [5, 5.41) is 0. The molecule has 0 spiro atoms. The molecule has 0 fully saturated rings. The van der Waals surface area contributed by atoms with Gasteiger partial charge in [0.25, 0.3) is 0 Å². The van der Waals surface area contributed by atoms with E-state index in [2.05, 4.69) is 0 Å². The molecule has 0 unspecified atom stereocenters. The predicted molar refractivity (Wildman–Crippen MR) is 56.1 cm³/mol. The monoisotopic (exact) mass is 261 g/mol. The third-order valence-electron chi connectivity index (χ3n) is 0. The fourth-order valence-electron chi connectivity index (χ4n) is 0. The summed E-state index contributed by atoms with van der Waals surface area (Å²) in [7, 11) is 0. The van der Waals surface area contributed by atoms with Gasteiger partial charge < -0.3 is 55.3 Å². The second-order valence-electron chi connectivity index (χ2n) is 0.447. The van der Waals surface area contributed by atoms with Crippen LogP contribution in [-0.4, -0.2) is 11.0 Å². The molecule has 0 aromatic rings. The van der Waals surface area contributed by atoms with Crippen molar-refractivity contribution in [3.05, 3.63) is 79.9 Å². The molecule has 0 aromatic carbocycles. The normalized spacial score (nSPS) is 2.35. The van der Waals surface area contributed by atoms with Crippen LogP contribution >= 0.6 is 0 Å². The minimum absolute atomic E-state index is 0. The topological polar surface area (TPSA) is 294 Å². The van der Waals surface area contributed by atoms with Crippen molar-refractivity contribution in [2.24, 2.45) is 0 Å². The van der Waals surface area contributed by atoms with E-state index < -0.39 is 0 Å². The fourth-order valence-corrected chi connectivity index (χ4v) is 0. The van der Waals surface area contributed by atoms with Crippen molar-refractivity contribution in [2.75, 3.05) is 0 Å². The minimum atomic E-state index is 0. The first-order valence-corrected chi connectivity index (χ1v) is 2.00. The third-order valence-corrected chi connectivity index (χ3v) is 0. The van der Waals surface area contributed by atoms with Gasteiger partial charge in [-0.15, -0.1) is 0 Å². The van der Waals surface area contributed by atoms with E-state index in [0.29, 0.717) is 0 Å². The van der Waals surface area contributed by atoms with Gasteiger partial charge in [-0.05, 0) is 0 Å². The molecule has 0 atom stereocenters. The Kier molecular flexibility index (Phi) is 800. The zero-order valence-electron chi connectivity index (χ0n) is 8.21. The van der Waals surface area contributed by atoms with Crippen molar-refractivity contribution in [2.45, 2.75) is 0 Å². The van der Waals surface area contributed by atoms with E-state index >= 15 is 0 Å². The largest absolute Gasteiger partial charge is 4.00 e. The van der Waals surface area contributed by atoms with Gasteiger partial charge in [-0.1, -0.05) is 0 Å². The fraction of sp³-hybridized carbons (Fsp3) is 0. The van der Waals surface area contributed by atoms with Gasteiger partial charge >= 0.3 is 40.5 Å².